The van der Waals surface area contributed by atoms with Gasteiger partial charge in [0.1, 0.15) is 0 Å². The van der Waals surface area contributed by atoms with Crippen molar-refractivity contribution in [3.05, 3.63) is 6.20 Å². The van der Waals surface area contributed by atoms with Crippen LogP contribution in [0.25, 0.3) is 0 Å². The highest BCUT2D eigenvalue weighted by Gasteiger charge is 2.25. The van der Waals surface area contributed by atoms with Gasteiger partial charge in [-0.05, 0) is 27.7 Å². The van der Waals surface area contributed by atoms with Crippen LogP contribution in [-0.4, -0.2) is 17.4 Å². The molecule has 0 radical (unpaired) electrons. The normalized spacial score (nSPS) is 11.2. The number of hydrogen-bond acceptors (Lipinski definition) is 4. The summed E-state index contributed by atoms with van der Waals surface area (Å²) in [6, 6.07) is 0.712. The van der Waals surface area contributed by atoms with Crippen molar-refractivity contribution in [2.45, 2.75) is 39.8 Å². The first-order chi connectivity index (χ1) is 6.02. The fourth-order valence-corrected chi connectivity index (χ4v) is 1.43. The van der Waals surface area contributed by atoms with Gasteiger partial charge < -0.3 is 5.73 Å². The van der Waals surface area contributed by atoms with Crippen molar-refractivity contribution in [2.24, 2.45) is 0 Å². The van der Waals surface area contributed by atoms with Gasteiger partial charge in [0.2, 0.25) is 5.27 Å². The lowest BCUT2D eigenvalue weighted by atomic mass is 10.3. The quantitative estimate of drug-likeness (QED) is 0.688. The van der Waals surface area contributed by atoms with Crippen LogP contribution >= 0.6 is 0 Å². The minimum atomic E-state index is 0.325. The Kier molecular flexibility index (Phi) is 2.75. The molecule has 0 unspecified atom stereocenters. The molecule has 2 N–H and O–H groups in total. The number of nitrogens with zero attached hydrogens (tertiary/aromatic N) is 3. The summed E-state index contributed by atoms with van der Waals surface area (Å²) in [5, 5.41) is 5.87. The minimum Gasteiger partial charge on any atom is -0.362 e. The number of aromatic nitrogens is 2. The fourth-order valence-electron chi connectivity index (χ4n) is 1.43. The molecular weight excluding hydrogens is 168 g/mol. The van der Waals surface area contributed by atoms with E-state index in [0.717, 1.165) is 0 Å². The van der Waals surface area contributed by atoms with Gasteiger partial charge in [-0.3, -0.25) is 4.52 Å². The van der Waals surface area contributed by atoms with Gasteiger partial charge >= 0.3 is 0 Å². The first-order valence-corrected chi connectivity index (χ1v) is 4.45. The largest absolute Gasteiger partial charge is 0.362 e. The molecular formula is C8H17N4O+. The second kappa shape index (κ2) is 3.64. The van der Waals surface area contributed by atoms with Crippen LogP contribution in [0.4, 0.5) is 5.88 Å². The van der Waals surface area contributed by atoms with Crippen molar-refractivity contribution >= 4 is 5.88 Å². The molecule has 1 aromatic rings. The Morgan fingerprint density at radius 3 is 2.23 bits per heavy atom. The maximum Gasteiger partial charge on any atom is 0.296 e. The van der Waals surface area contributed by atoms with Crippen molar-refractivity contribution in [3.8, 4) is 0 Å². The summed E-state index contributed by atoms with van der Waals surface area (Å²) in [7, 11) is 0. The average molecular weight is 185 g/mol. The minimum absolute atomic E-state index is 0.325. The van der Waals surface area contributed by atoms with E-state index in [4.69, 9.17) is 10.3 Å². The molecule has 0 aliphatic carbocycles. The third-order valence-electron chi connectivity index (χ3n) is 1.77. The zero-order valence-electron chi connectivity index (χ0n) is 8.56. The Morgan fingerprint density at radius 2 is 1.92 bits per heavy atom. The maximum atomic E-state index is 5.44. The molecule has 1 aromatic heterocycles. The molecule has 0 saturated carbocycles. The van der Waals surface area contributed by atoms with E-state index >= 15 is 0 Å². The predicted molar refractivity (Wildman–Crippen MR) is 49.6 cm³/mol. The van der Waals surface area contributed by atoms with Crippen molar-refractivity contribution in [1.29, 1.82) is 0 Å². The lowest BCUT2D eigenvalue weighted by Gasteiger charge is -2.21. The topological polar surface area (TPSA) is 59.2 Å². The summed E-state index contributed by atoms with van der Waals surface area (Å²) in [5.41, 5.74) is 5.44. The smallest absolute Gasteiger partial charge is 0.296 e. The number of nitrogens with two attached hydrogens (primary N) is 1. The van der Waals surface area contributed by atoms with E-state index in [-0.39, 0.29) is 0 Å². The molecule has 0 fully saturated rings. The van der Waals surface area contributed by atoms with Crippen LogP contribution in [0.1, 0.15) is 27.7 Å². The van der Waals surface area contributed by atoms with E-state index < -0.39 is 0 Å². The number of hydrogen-bond donors (Lipinski definition) is 1. The maximum absolute atomic E-state index is 5.44. The van der Waals surface area contributed by atoms with Crippen molar-refractivity contribution in [3.63, 3.8) is 0 Å². The third kappa shape index (κ3) is 2.11. The summed E-state index contributed by atoms with van der Waals surface area (Å²) in [6.07, 6.45) is 1.67. The summed E-state index contributed by atoms with van der Waals surface area (Å²) >= 11 is 0. The molecule has 0 aliphatic rings. The fraction of sp³-hybridized carbons (Fsp3) is 0.750. The van der Waals surface area contributed by atoms with Gasteiger partial charge in [0.05, 0.1) is 16.9 Å². The van der Waals surface area contributed by atoms with Gasteiger partial charge in [0.15, 0.2) is 0 Å². The molecule has 13 heavy (non-hydrogen) atoms. The average Bonchev–Trinajstić information content (AvgIpc) is 2.34. The molecule has 0 amide bonds. The lowest BCUT2D eigenvalue weighted by molar-refractivity contribution is -0.764. The van der Waals surface area contributed by atoms with Crippen LogP contribution in [0.2, 0.25) is 0 Å². The first kappa shape index (κ1) is 9.83. The summed E-state index contributed by atoms with van der Waals surface area (Å²) in [5.74, 6) is 0.325. The molecule has 74 valence electrons. The standard InChI is InChI=1S/C8H17N4O/c1-6(2)12(7(3)4)11-5-8(9)13-10-11/h5-7H,9H2,1-4H3/q+1. The van der Waals surface area contributed by atoms with Crippen LogP contribution < -0.4 is 15.5 Å². The number of rotatable bonds is 3. The van der Waals surface area contributed by atoms with Crippen LogP contribution in [0.15, 0.2) is 10.7 Å². The first-order valence-electron chi connectivity index (χ1n) is 4.45. The van der Waals surface area contributed by atoms with Crippen LogP contribution in [0, 0.1) is 0 Å². The molecule has 5 nitrogen and oxygen atoms in total. The zero-order valence-corrected chi connectivity index (χ0v) is 8.56. The van der Waals surface area contributed by atoms with E-state index in [1.165, 1.54) is 0 Å². The monoisotopic (exact) mass is 185 g/mol. The van der Waals surface area contributed by atoms with Crippen molar-refractivity contribution in [1.82, 2.24) is 5.27 Å². The van der Waals surface area contributed by atoms with Gasteiger partial charge in [-0.2, -0.15) is 0 Å². The molecule has 0 spiro atoms. The summed E-state index contributed by atoms with van der Waals surface area (Å²) in [4.78, 5) is 1.64. The Labute approximate surface area is 78.1 Å². The molecule has 0 aliphatic heterocycles. The molecule has 0 saturated heterocycles. The summed E-state index contributed by atoms with van der Waals surface area (Å²) in [6.45, 7) is 8.38. The molecule has 0 aromatic carbocycles. The van der Waals surface area contributed by atoms with Crippen LogP contribution in [0.5, 0.6) is 0 Å². The number of nitrogen functional groups attached to an aromatic ring is 1. The van der Waals surface area contributed by atoms with Crippen LogP contribution in [-0.2, 0) is 0 Å². The second-order valence-corrected chi connectivity index (χ2v) is 3.59. The van der Waals surface area contributed by atoms with Gasteiger partial charge in [-0.25, -0.2) is 0 Å². The molecule has 5 heteroatoms. The van der Waals surface area contributed by atoms with E-state index in [2.05, 4.69) is 38.0 Å². The molecule has 0 bridgehead atoms. The van der Waals surface area contributed by atoms with E-state index in [1.54, 1.807) is 11.0 Å². The third-order valence-corrected chi connectivity index (χ3v) is 1.77. The molecule has 1 rings (SSSR count). The van der Waals surface area contributed by atoms with E-state index in [1.807, 2.05) is 0 Å². The Morgan fingerprint density at radius 1 is 1.38 bits per heavy atom. The Bertz CT molecular complexity index is 261. The highest BCUT2D eigenvalue weighted by atomic mass is 16.5. The predicted octanol–water partition coefficient (Wildman–Crippen LogP) is 0.299. The lowest BCUT2D eigenvalue weighted by Crippen LogP contribution is -2.65. The Balaban J connectivity index is 2.88. The molecule has 1 heterocycles. The van der Waals surface area contributed by atoms with E-state index in [9.17, 15) is 0 Å². The van der Waals surface area contributed by atoms with Gasteiger partial charge in [-0.15, -0.1) is 5.01 Å². The van der Waals surface area contributed by atoms with Gasteiger partial charge in [0, 0.05) is 0 Å². The van der Waals surface area contributed by atoms with Crippen LogP contribution in [0.3, 0.4) is 0 Å². The zero-order chi connectivity index (χ0) is 10.0. The number of anilines is 1. The van der Waals surface area contributed by atoms with Gasteiger partial charge in [-0.1, -0.05) is 0 Å². The highest BCUT2D eigenvalue weighted by molar-refractivity contribution is 5.11. The Hall–Kier alpha value is -1.26. The van der Waals surface area contributed by atoms with E-state index in [0.29, 0.717) is 18.0 Å². The van der Waals surface area contributed by atoms with Crippen molar-refractivity contribution < 1.29 is 9.31 Å². The second-order valence-electron chi connectivity index (χ2n) is 3.59. The molecule has 0 atom stereocenters. The SMILES string of the molecule is CC(C)N(C(C)C)[n+]1cc(N)on1. The highest BCUT2D eigenvalue weighted by Crippen LogP contribution is 1.99. The van der Waals surface area contributed by atoms with Crippen molar-refractivity contribution in [2.75, 3.05) is 10.7 Å². The van der Waals surface area contributed by atoms with Gasteiger partial charge in [0.25, 0.3) is 12.1 Å². The summed E-state index contributed by atoms with van der Waals surface area (Å²) < 4.78 is 4.79.